The molecule has 114 valence electrons. The fraction of sp³-hybridized carbons (Fsp3) is 0.500. The first-order valence-corrected chi connectivity index (χ1v) is 7.17. The van der Waals surface area contributed by atoms with E-state index in [-0.39, 0.29) is 4.88 Å². The van der Waals surface area contributed by atoms with Gasteiger partial charge in [0.05, 0.1) is 5.69 Å². The van der Waals surface area contributed by atoms with Crippen molar-refractivity contribution in [2.45, 2.75) is 39.7 Å². The number of carboxylic acid groups (broad SMARTS) is 1. The fourth-order valence-corrected chi connectivity index (χ4v) is 2.11. The minimum Gasteiger partial charge on any atom is -0.477 e. The SMILES string of the molecule is Cc1nc(C#CCCNC(=O)OC(C)(C)C)sc1C(=O)O. The van der Waals surface area contributed by atoms with Crippen LogP contribution in [0.1, 0.15) is 47.6 Å². The van der Waals surface area contributed by atoms with E-state index in [1.807, 2.05) is 0 Å². The summed E-state index contributed by atoms with van der Waals surface area (Å²) in [6.45, 7) is 7.36. The maximum absolute atomic E-state index is 11.4. The summed E-state index contributed by atoms with van der Waals surface area (Å²) < 4.78 is 5.07. The lowest BCUT2D eigenvalue weighted by molar-refractivity contribution is 0.0528. The molecule has 0 saturated heterocycles. The Balaban J connectivity index is 2.42. The number of aromatic carboxylic acids is 1. The maximum atomic E-state index is 11.4. The van der Waals surface area contributed by atoms with E-state index in [9.17, 15) is 9.59 Å². The van der Waals surface area contributed by atoms with Crippen molar-refractivity contribution in [2.75, 3.05) is 6.54 Å². The Kier molecular flexibility index (Phi) is 5.73. The van der Waals surface area contributed by atoms with Gasteiger partial charge in [0, 0.05) is 13.0 Å². The lowest BCUT2D eigenvalue weighted by Gasteiger charge is -2.19. The second-order valence-corrected chi connectivity index (χ2v) is 6.22. The summed E-state index contributed by atoms with van der Waals surface area (Å²) in [6.07, 6.45) is -0.0529. The molecule has 1 aromatic heterocycles. The summed E-state index contributed by atoms with van der Waals surface area (Å²) in [5, 5.41) is 11.9. The Bertz CT molecular complexity index is 590. The number of ether oxygens (including phenoxy) is 1. The summed E-state index contributed by atoms with van der Waals surface area (Å²) >= 11 is 1.04. The van der Waals surface area contributed by atoms with Crippen LogP contribution >= 0.6 is 11.3 Å². The molecule has 1 aromatic rings. The molecule has 7 heteroatoms. The summed E-state index contributed by atoms with van der Waals surface area (Å²) in [7, 11) is 0. The number of nitrogens with zero attached hydrogens (tertiary/aromatic N) is 1. The van der Waals surface area contributed by atoms with Crippen LogP contribution in [0.25, 0.3) is 0 Å². The number of rotatable bonds is 3. The van der Waals surface area contributed by atoms with E-state index < -0.39 is 17.7 Å². The van der Waals surface area contributed by atoms with E-state index in [2.05, 4.69) is 22.1 Å². The van der Waals surface area contributed by atoms with Crippen LogP contribution in [0.5, 0.6) is 0 Å². The summed E-state index contributed by atoms with van der Waals surface area (Å²) in [5.41, 5.74) is -0.0646. The van der Waals surface area contributed by atoms with Crippen LogP contribution in [0.3, 0.4) is 0 Å². The first kappa shape index (κ1) is 17.0. The van der Waals surface area contributed by atoms with Crippen LogP contribution in [0.2, 0.25) is 0 Å². The number of thiazole rings is 1. The molecule has 0 aliphatic carbocycles. The van der Waals surface area contributed by atoms with Gasteiger partial charge in [-0.3, -0.25) is 0 Å². The molecule has 0 unspecified atom stereocenters. The van der Waals surface area contributed by atoms with Crippen LogP contribution < -0.4 is 5.32 Å². The van der Waals surface area contributed by atoms with Crippen LogP contribution in [-0.2, 0) is 4.74 Å². The molecule has 0 spiro atoms. The highest BCUT2D eigenvalue weighted by molar-refractivity contribution is 7.14. The third-order valence-corrected chi connectivity index (χ3v) is 3.17. The smallest absolute Gasteiger partial charge is 0.407 e. The van der Waals surface area contributed by atoms with Gasteiger partial charge in [-0.05, 0) is 33.6 Å². The quantitative estimate of drug-likeness (QED) is 0.661. The molecular weight excluding hydrogens is 292 g/mol. The van der Waals surface area contributed by atoms with Gasteiger partial charge in [-0.1, -0.05) is 17.3 Å². The van der Waals surface area contributed by atoms with Crippen molar-refractivity contribution in [3.8, 4) is 11.8 Å². The normalized spacial score (nSPS) is 10.5. The highest BCUT2D eigenvalue weighted by Crippen LogP contribution is 2.16. The zero-order valence-corrected chi connectivity index (χ0v) is 13.3. The highest BCUT2D eigenvalue weighted by atomic mass is 32.1. The standard InChI is InChI=1S/C14H18N2O4S/c1-9-11(12(17)18)21-10(16-9)7-5-6-8-15-13(19)20-14(2,3)4/h6,8H2,1-4H3,(H,15,19)(H,17,18). The monoisotopic (exact) mass is 310 g/mol. The molecule has 0 saturated carbocycles. The summed E-state index contributed by atoms with van der Waals surface area (Å²) in [6, 6.07) is 0. The van der Waals surface area contributed by atoms with Crippen molar-refractivity contribution in [3.63, 3.8) is 0 Å². The number of alkyl carbamates (subject to hydrolysis) is 1. The predicted molar refractivity (Wildman–Crippen MR) is 79.5 cm³/mol. The molecule has 0 bridgehead atoms. The highest BCUT2D eigenvalue weighted by Gasteiger charge is 2.15. The molecular formula is C14H18N2O4S. The number of nitrogens with one attached hydrogen (secondary N) is 1. The second kappa shape index (κ2) is 7.09. The number of amides is 1. The van der Waals surface area contributed by atoms with Crippen molar-refractivity contribution >= 4 is 23.4 Å². The topological polar surface area (TPSA) is 88.5 Å². The third kappa shape index (κ3) is 6.27. The first-order valence-electron chi connectivity index (χ1n) is 6.35. The van der Waals surface area contributed by atoms with Crippen molar-refractivity contribution in [1.29, 1.82) is 0 Å². The molecule has 21 heavy (non-hydrogen) atoms. The molecule has 2 N–H and O–H groups in total. The average molecular weight is 310 g/mol. The Morgan fingerprint density at radius 3 is 2.62 bits per heavy atom. The minimum absolute atomic E-state index is 0.200. The van der Waals surface area contributed by atoms with Crippen molar-refractivity contribution in [3.05, 3.63) is 15.6 Å². The van der Waals surface area contributed by atoms with Gasteiger partial charge in [-0.2, -0.15) is 0 Å². The second-order valence-electron chi connectivity index (χ2n) is 5.22. The van der Waals surface area contributed by atoms with Crippen LogP contribution in [0, 0.1) is 18.8 Å². The van der Waals surface area contributed by atoms with E-state index in [0.29, 0.717) is 23.7 Å². The fourth-order valence-electron chi connectivity index (χ4n) is 1.33. The predicted octanol–water partition coefficient (Wildman–Crippen LogP) is 2.42. The molecule has 1 rings (SSSR count). The Morgan fingerprint density at radius 2 is 2.10 bits per heavy atom. The van der Waals surface area contributed by atoms with Crippen molar-refractivity contribution < 1.29 is 19.4 Å². The summed E-state index contributed by atoms with van der Waals surface area (Å²) in [4.78, 5) is 26.5. The number of hydrogen-bond acceptors (Lipinski definition) is 5. The largest absolute Gasteiger partial charge is 0.477 e. The third-order valence-electron chi connectivity index (χ3n) is 2.10. The zero-order chi connectivity index (χ0) is 16.0. The molecule has 0 radical (unpaired) electrons. The van der Waals surface area contributed by atoms with Gasteiger partial charge in [0.1, 0.15) is 10.5 Å². The maximum Gasteiger partial charge on any atom is 0.407 e. The first-order chi connectivity index (χ1) is 9.69. The van der Waals surface area contributed by atoms with Crippen LogP contribution in [0.4, 0.5) is 4.79 Å². The number of carboxylic acids is 1. The molecule has 0 fully saturated rings. The van der Waals surface area contributed by atoms with Gasteiger partial charge >= 0.3 is 12.1 Å². The number of carbonyl (C=O) groups excluding carboxylic acids is 1. The lowest BCUT2D eigenvalue weighted by Crippen LogP contribution is -2.32. The van der Waals surface area contributed by atoms with E-state index >= 15 is 0 Å². The van der Waals surface area contributed by atoms with E-state index in [0.717, 1.165) is 11.3 Å². The van der Waals surface area contributed by atoms with E-state index in [4.69, 9.17) is 9.84 Å². The van der Waals surface area contributed by atoms with E-state index in [1.54, 1.807) is 27.7 Å². The molecule has 0 aromatic carbocycles. The number of carbonyl (C=O) groups is 2. The number of hydrogen-bond donors (Lipinski definition) is 2. The van der Waals surface area contributed by atoms with Gasteiger partial charge in [0.15, 0.2) is 5.01 Å². The van der Waals surface area contributed by atoms with Gasteiger partial charge in [0.25, 0.3) is 0 Å². The molecule has 0 atom stereocenters. The van der Waals surface area contributed by atoms with E-state index in [1.165, 1.54) is 0 Å². The average Bonchev–Trinajstić information content (AvgIpc) is 2.68. The van der Waals surface area contributed by atoms with Crippen LogP contribution in [-0.4, -0.2) is 34.3 Å². The number of aromatic nitrogens is 1. The minimum atomic E-state index is -0.996. The van der Waals surface area contributed by atoms with Crippen LogP contribution in [0.15, 0.2) is 0 Å². The van der Waals surface area contributed by atoms with Crippen molar-refractivity contribution in [2.24, 2.45) is 0 Å². The molecule has 1 heterocycles. The van der Waals surface area contributed by atoms with Crippen molar-refractivity contribution in [1.82, 2.24) is 10.3 Å². The van der Waals surface area contributed by atoms with Gasteiger partial charge in [0.2, 0.25) is 0 Å². The molecule has 6 nitrogen and oxygen atoms in total. The Labute approximate surface area is 127 Å². The molecule has 1 amide bonds. The van der Waals surface area contributed by atoms with Gasteiger partial charge in [-0.15, -0.1) is 0 Å². The zero-order valence-electron chi connectivity index (χ0n) is 12.4. The van der Waals surface area contributed by atoms with Gasteiger partial charge in [-0.25, -0.2) is 14.6 Å². The molecule has 0 aliphatic rings. The Morgan fingerprint density at radius 1 is 1.43 bits per heavy atom. The molecule has 0 aliphatic heterocycles. The van der Waals surface area contributed by atoms with Gasteiger partial charge < -0.3 is 15.2 Å². The lowest BCUT2D eigenvalue weighted by atomic mass is 10.2. The summed E-state index contributed by atoms with van der Waals surface area (Å²) in [5.74, 6) is 4.62. The number of aryl methyl sites for hydroxylation is 1. The Hall–Kier alpha value is -2.07.